The normalized spacial score (nSPS) is 12.9. The van der Waals surface area contributed by atoms with E-state index in [2.05, 4.69) is 46.7 Å². The standard InChI is InChI=1S/C25H32IN3O4/c1-14(2)10-16(28-24(31)33-25(4,5)6)13-32-21-12-20-18(11-19(21)26)17-8-9-27-15(3)22(17)23(30)29(20)7/h8-9,11-12,14,16H,10,13H2,1-7H3,(H,28,31). The van der Waals surface area contributed by atoms with Crippen molar-refractivity contribution < 1.29 is 14.3 Å². The van der Waals surface area contributed by atoms with Crippen LogP contribution in [0.5, 0.6) is 5.75 Å². The van der Waals surface area contributed by atoms with E-state index in [1.54, 1.807) is 17.8 Å². The molecule has 1 N–H and O–H groups in total. The van der Waals surface area contributed by atoms with Crippen LogP contribution in [0.1, 0.15) is 46.7 Å². The quantitative estimate of drug-likeness (QED) is 0.323. The first-order chi connectivity index (χ1) is 15.4. The molecule has 7 nitrogen and oxygen atoms in total. The minimum atomic E-state index is -0.567. The summed E-state index contributed by atoms with van der Waals surface area (Å²) < 4.78 is 14.1. The predicted molar refractivity (Wildman–Crippen MR) is 140 cm³/mol. The van der Waals surface area contributed by atoms with E-state index in [4.69, 9.17) is 9.47 Å². The molecule has 1 unspecified atom stereocenters. The van der Waals surface area contributed by atoms with Crippen LogP contribution >= 0.6 is 22.6 Å². The molecule has 178 valence electrons. The number of fused-ring (bicyclic) bond motifs is 3. The smallest absolute Gasteiger partial charge is 0.407 e. The molecule has 2 heterocycles. The number of alkyl carbamates (subject to hydrolysis) is 1. The maximum absolute atomic E-state index is 13.0. The molecule has 3 rings (SSSR count). The number of pyridine rings is 2. The zero-order chi connectivity index (χ0) is 24.5. The maximum atomic E-state index is 13.0. The number of aromatic nitrogens is 2. The van der Waals surface area contributed by atoms with E-state index in [9.17, 15) is 9.59 Å². The number of carbonyl (C=O) groups is 1. The molecule has 33 heavy (non-hydrogen) atoms. The fourth-order valence-electron chi connectivity index (χ4n) is 3.89. The molecule has 0 bridgehead atoms. The molecule has 2 aromatic heterocycles. The summed E-state index contributed by atoms with van der Waals surface area (Å²) in [4.78, 5) is 29.6. The van der Waals surface area contributed by atoms with Crippen molar-refractivity contribution in [3.8, 4) is 5.75 Å². The SMILES string of the molecule is Cc1nccc2c1c(=O)n(C)c1cc(OCC(CC(C)C)NC(=O)OC(C)(C)C)c(I)cc21. The lowest BCUT2D eigenvalue weighted by atomic mass is 10.0. The summed E-state index contributed by atoms with van der Waals surface area (Å²) in [6.07, 6.45) is 2.02. The van der Waals surface area contributed by atoms with Gasteiger partial charge in [-0.3, -0.25) is 9.78 Å². The first-order valence-electron chi connectivity index (χ1n) is 11.1. The molecule has 0 aliphatic heterocycles. The Morgan fingerprint density at radius 1 is 1.24 bits per heavy atom. The number of halogens is 1. The van der Waals surface area contributed by atoms with Crippen LogP contribution in [0.2, 0.25) is 0 Å². The highest BCUT2D eigenvalue weighted by molar-refractivity contribution is 14.1. The second-order valence-electron chi connectivity index (χ2n) is 9.77. The van der Waals surface area contributed by atoms with Crippen molar-refractivity contribution in [2.45, 2.75) is 59.6 Å². The minimum absolute atomic E-state index is 0.0838. The minimum Gasteiger partial charge on any atom is -0.490 e. The van der Waals surface area contributed by atoms with Gasteiger partial charge in [0, 0.05) is 24.7 Å². The summed E-state index contributed by atoms with van der Waals surface area (Å²) >= 11 is 2.25. The summed E-state index contributed by atoms with van der Waals surface area (Å²) in [6.45, 7) is 11.9. The van der Waals surface area contributed by atoms with Crippen molar-refractivity contribution in [1.82, 2.24) is 14.9 Å². The number of aryl methyl sites for hydroxylation is 2. The fraction of sp³-hybridized carbons (Fsp3) is 0.480. The van der Waals surface area contributed by atoms with Crippen LogP contribution in [-0.2, 0) is 11.8 Å². The first-order valence-corrected chi connectivity index (χ1v) is 12.1. The van der Waals surface area contributed by atoms with Crippen LogP contribution in [0.25, 0.3) is 21.7 Å². The average molecular weight is 565 g/mol. The third kappa shape index (κ3) is 5.96. The van der Waals surface area contributed by atoms with Gasteiger partial charge >= 0.3 is 6.09 Å². The monoisotopic (exact) mass is 565 g/mol. The molecule has 1 atom stereocenters. The number of hydrogen-bond donors (Lipinski definition) is 1. The summed E-state index contributed by atoms with van der Waals surface area (Å²) in [5, 5.41) is 5.42. The van der Waals surface area contributed by atoms with Gasteiger partial charge in [0.15, 0.2) is 0 Å². The summed E-state index contributed by atoms with van der Waals surface area (Å²) in [7, 11) is 1.76. The van der Waals surface area contributed by atoms with Gasteiger partial charge in [-0.2, -0.15) is 0 Å². The van der Waals surface area contributed by atoms with E-state index < -0.39 is 11.7 Å². The largest absolute Gasteiger partial charge is 0.490 e. The van der Waals surface area contributed by atoms with Crippen molar-refractivity contribution in [2.24, 2.45) is 13.0 Å². The first kappa shape index (κ1) is 25.3. The van der Waals surface area contributed by atoms with Crippen LogP contribution in [0.15, 0.2) is 29.2 Å². The Kier molecular flexibility index (Phi) is 7.55. The van der Waals surface area contributed by atoms with E-state index >= 15 is 0 Å². The van der Waals surface area contributed by atoms with Crippen LogP contribution in [-0.4, -0.2) is 33.9 Å². The molecule has 0 spiro atoms. The highest BCUT2D eigenvalue weighted by Gasteiger charge is 2.21. The summed E-state index contributed by atoms with van der Waals surface area (Å²) in [5.41, 5.74) is 0.853. The Labute approximate surface area is 208 Å². The molecule has 1 aromatic carbocycles. The Balaban J connectivity index is 1.92. The number of amides is 1. The molecule has 8 heteroatoms. The van der Waals surface area contributed by atoms with Crippen LogP contribution in [0, 0.1) is 16.4 Å². The van der Waals surface area contributed by atoms with Crippen molar-refractivity contribution in [1.29, 1.82) is 0 Å². The molecule has 0 aliphatic rings. The fourth-order valence-corrected chi connectivity index (χ4v) is 4.51. The van der Waals surface area contributed by atoms with Gasteiger partial charge in [0.1, 0.15) is 18.0 Å². The average Bonchev–Trinajstić information content (AvgIpc) is 2.68. The van der Waals surface area contributed by atoms with Gasteiger partial charge in [0.2, 0.25) is 0 Å². The zero-order valence-corrected chi connectivity index (χ0v) is 22.4. The molecular formula is C25H32IN3O4. The predicted octanol–water partition coefficient (Wildman–Crippen LogP) is 5.32. The second-order valence-corrected chi connectivity index (χ2v) is 10.9. The number of hydrogen-bond acceptors (Lipinski definition) is 5. The van der Waals surface area contributed by atoms with Gasteiger partial charge in [-0.1, -0.05) is 13.8 Å². The molecule has 0 aliphatic carbocycles. The number of nitrogens with one attached hydrogen (secondary N) is 1. The molecule has 0 saturated carbocycles. The Morgan fingerprint density at radius 2 is 1.94 bits per heavy atom. The lowest BCUT2D eigenvalue weighted by molar-refractivity contribution is 0.0480. The molecular weight excluding hydrogens is 533 g/mol. The Hall–Kier alpha value is -2.36. The zero-order valence-electron chi connectivity index (χ0n) is 20.3. The molecule has 1 amide bonds. The van der Waals surface area contributed by atoms with Gasteiger partial charge in [0.25, 0.3) is 5.56 Å². The molecule has 3 aromatic rings. The third-order valence-corrected chi connectivity index (χ3v) is 6.12. The van der Waals surface area contributed by atoms with Crippen LogP contribution in [0.4, 0.5) is 4.79 Å². The molecule has 0 fully saturated rings. The van der Waals surface area contributed by atoms with E-state index in [1.165, 1.54) is 0 Å². The number of carbonyl (C=O) groups excluding carboxylic acids is 1. The lowest BCUT2D eigenvalue weighted by Gasteiger charge is -2.25. The summed E-state index contributed by atoms with van der Waals surface area (Å²) in [6, 6.07) is 5.60. The van der Waals surface area contributed by atoms with Crippen molar-refractivity contribution >= 4 is 50.4 Å². The van der Waals surface area contributed by atoms with E-state index in [1.807, 2.05) is 45.9 Å². The van der Waals surface area contributed by atoms with Crippen molar-refractivity contribution in [3.63, 3.8) is 0 Å². The van der Waals surface area contributed by atoms with Crippen LogP contribution < -0.4 is 15.6 Å². The maximum Gasteiger partial charge on any atom is 0.407 e. The van der Waals surface area contributed by atoms with E-state index in [0.717, 1.165) is 32.0 Å². The summed E-state index contributed by atoms with van der Waals surface area (Å²) in [5.74, 6) is 1.04. The topological polar surface area (TPSA) is 82.5 Å². The van der Waals surface area contributed by atoms with Gasteiger partial charge in [0.05, 0.1) is 26.2 Å². The van der Waals surface area contributed by atoms with Crippen molar-refractivity contribution in [2.75, 3.05) is 6.61 Å². The van der Waals surface area contributed by atoms with Gasteiger partial charge in [-0.25, -0.2) is 4.79 Å². The van der Waals surface area contributed by atoms with Crippen LogP contribution in [0.3, 0.4) is 0 Å². The van der Waals surface area contributed by atoms with Gasteiger partial charge in [-0.15, -0.1) is 0 Å². The van der Waals surface area contributed by atoms with Crippen molar-refractivity contribution in [3.05, 3.63) is 44.0 Å². The molecule has 0 saturated heterocycles. The highest BCUT2D eigenvalue weighted by Crippen LogP contribution is 2.31. The highest BCUT2D eigenvalue weighted by atomic mass is 127. The van der Waals surface area contributed by atoms with Gasteiger partial charge < -0.3 is 19.4 Å². The Bertz CT molecular complexity index is 1240. The number of benzene rings is 1. The lowest BCUT2D eigenvalue weighted by Crippen LogP contribution is -2.42. The Morgan fingerprint density at radius 3 is 2.58 bits per heavy atom. The van der Waals surface area contributed by atoms with E-state index in [0.29, 0.717) is 23.7 Å². The number of ether oxygens (including phenoxy) is 2. The number of nitrogens with zero attached hydrogens (tertiary/aromatic N) is 2. The van der Waals surface area contributed by atoms with E-state index in [-0.39, 0.29) is 11.6 Å². The number of rotatable bonds is 6. The molecule has 0 radical (unpaired) electrons. The van der Waals surface area contributed by atoms with Gasteiger partial charge in [-0.05, 0) is 80.1 Å². The second kappa shape index (κ2) is 9.87. The third-order valence-electron chi connectivity index (χ3n) is 5.28.